The van der Waals surface area contributed by atoms with Crippen molar-refractivity contribution in [2.24, 2.45) is 0 Å². The highest BCUT2D eigenvalue weighted by Crippen LogP contribution is 2.15. The quantitative estimate of drug-likeness (QED) is 0.767. The number of hydrogen-bond acceptors (Lipinski definition) is 3. The van der Waals surface area contributed by atoms with Crippen molar-refractivity contribution >= 4 is 9.84 Å². The summed E-state index contributed by atoms with van der Waals surface area (Å²) in [5, 5.41) is 3.18. The minimum Gasteiger partial charge on any atom is -0.313 e. The SMILES string of the molecule is CCC(C)NCCS(=O)(=O)C(C)(C)C. The van der Waals surface area contributed by atoms with Gasteiger partial charge >= 0.3 is 0 Å². The molecule has 1 unspecified atom stereocenters. The summed E-state index contributed by atoms with van der Waals surface area (Å²) in [6.07, 6.45) is 1.02. The molecule has 0 heterocycles. The highest BCUT2D eigenvalue weighted by Gasteiger charge is 2.28. The lowest BCUT2D eigenvalue weighted by Gasteiger charge is -2.20. The summed E-state index contributed by atoms with van der Waals surface area (Å²) in [6, 6.07) is 0.394. The van der Waals surface area contributed by atoms with Crippen LogP contribution >= 0.6 is 0 Å². The van der Waals surface area contributed by atoms with E-state index >= 15 is 0 Å². The first kappa shape index (κ1) is 13.9. The summed E-state index contributed by atoms with van der Waals surface area (Å²) in [6.45, 7) is 9.91. The van der Waals surface area contributed by atoms with Gasteiger partial charge < -0.3 is 5.32 Å². The Labute approximate surface area is 88.2 Å². The van der Waals surface area contributed by atoms with Crippen LogP contribution in [0.25, 0.3) is 0 Å². The molecule has 4 heteroatoms. The van der Waals surface area contributed by atoms with Gasteiger partial charge in [0.25, 0.3) is 0 Å². The van der Waals surface area contributed by atoms with Gasteiger partial charge in [-0.15, -0.1) is 0 Å². The number of hydrogen-bond donors (Lipinski definition) is 1. The second-order valence-electron chi connectivity index (χ2n) is 4.69. The smallest absolute Gasteiger partial charge is 0.156 e. The molecule has 0 amide bonds. The van der Waals surface area contributed by atoms with Crippen LogP contribution in [-0.4, -0.2) is 31.5 Å². The Morgan fingerprint density at radius 2 is 1.79 bits per heavy atom. The fraction of sp³-hybridized carbons (Fsp3) is 1.00. The molecular formula is C10H23NO2S. The van der Waals surface area contributed by atoms with E-state index in [1.54, 1.807) is 20.8 Å². The molecule has 1 N–H and O–H groups in total. The Morgan fingerprint density at radius 1 is 1.29 bits per heavy atom. The lowest BCUT2D eigenvalue weighted by Crippen LogP contribution is -2.37. The van der Waals surface area contributed by atoms with Gasteiger partial charge in [0.2, 0.25) is 0 Å². The van der Waals surface area contributed by atoms with Crippen molar-refractivity contribution in [2.75, 3.05) is 12.3 Å². The standard InChI is InChI=1S/C10H23NO2S/c1-6-9(2)11-7-8-14(12,13)10(3,4)5/h9,11H,6-8H2,1-5H3. The Hall–Kier alpha value is -0.0900. The third-order valence-corrected chi connectivity index (χ3v) is 5.02. The molecule has 1 atom stereocenters. The monoisotopic (exact) mass is 221 g/mol. The van der Waals surface area contributed by atoms with E-state index in [0.29, 0.717) is 12.6 Å². The highest BCUT2D eigenvalue weighted by molar-refractivity contribution is 7.92. The van der Waals surface area contributed by atoms with Gasteiger partial charge in [0.1, 0.15) is 0 Å². The largest absolute Gasteiger partial charge is 0.313 e. The van der Waals surface area contributed by atoms with Crippen LogP contribution in [0.3, 0.4) is 0 Å². The van der Waals surface area contributed by atoms with Gasteiger partial charge in [-0.3, -0.25) is 0 Å². The molecule has 0 saturated heterocycles. The Balaban J connectivity index is 4.03. The van der Waals surface area contributed by atoms with Gasteiger partial charge in [0.15, 0.2) is 9.84 Å². The van der Waals surface area contributed by atoms with E-state index in [2.05, 4.69) is 19.2 Å². The first-order valence-electron chi connectivity index (χ1n) is 5.16. The van der Waals surface area contributed by atoms with Crippen LogP contribution in [0.4, 0.5) is 0 Å². The van der Waals surface area contributed by atoms with Crippen molar-refractivity contribution in [3.05, 3.63) is 0 Å². The molecule has 14 heavy (non-hydrogen) atoms. The summed E-state index contributed by atoms with van der Waals surface area (Å²) < 4.78 is 22.7. The molecular weight excluding hydrogens is 198 g/mol. The molecule has 0 fully saturated rings. The number of sulfone groups is 1. The topological polar surface area (TPSA) is 46.2 Å². The molecule has 0 aromatic carbocycles. The second kappa shape index (κ2) is 5.12. The minimum atomic E-state index is -2.96. The molecule has 0 aliphatic carbocycles. The molecule has 0 rings (SSSR count). The summed E-state index contributed by atoms with van der Waals surface area (Å²) in [7, 11) is -2.96. The molecule has 0 aromatic rings. The maximum atomic E-state index is 11.7. The summed E-state index contributed by atoms with van der Waals surface area (Å²) in [5.74, 6) is 0.223. The second-order valence-corrected chi connectivity index (χ2v) is 7.56. The summed E-state index contributed by atoms with van der Waals surface area (Å²) >= 11 is 0. The van der Waals surface area contributed by atoms with Crippen molar-refractivity contribution in [1.82, 2.24) is 5.32 Å². The lowest BCUT2D eigenvalue weighted by molar-refractivity contribution is 0.532. The first-order valence-corrected chi connectivity index (χ1v) is 6.81. The maximum Gasteiger partial charge on any atom is 0.156 e. The van der Waals surface area contributed by atoms with Crippen molar-refractivity contribution in [3.8, 4) is 0 Å². The fourth-order valence-corrected chi connectivity index (χ4v) is 1.89. The Morgan fingerprint density at radius 3 is 2.14 bits per heavy atom. The summed E-state index contributed by atoms with van der Waals surface area (Å²) in [4.78, 5) is 0. The average molecular weight is 221 g/mol. The predicted octanol–water partition coefficient (Wildman–Crippen LogP) is 1.59. The van der Waals surface area contributed by atoms with E-state index < -0.39 is 14.6 Å². The van der Waals surface area contributed by atoms with Crippen molar-refractivity contribution < 1.29 is 8.42 Å². The Bertz CT molecular complexity index is 252. The van der Waals surface area contributed by atoms with Crippen LogP contribution in [0, 0.1) is 0 Å². The van der Waals surface area contributed by atoms with Gasteiger partial charge in [0.05, 0.1) is 10.5 Å². The van der Waals surface area contributed by atoms with Gasteiger partial charge in [-0.2, -0.15) is 0 Å². The van der Waals surface area contributed by atoms with E-state index in [9.17, 15) is 8.42 Å². The Kier molecular flexibility index (Phi) is 5.09. The van der Waals surface area contributed by atoms with Crippen molar-refractivity contribution in [2.45, 2.75) is 51.8 Å². The van der Waals surface area contributed by atoms with Gasteiger partial charge in [-0.25, -0.2) is 8.42 Å². The van der Waals surface area contributed by atoms with Gasteiger partial charge in [-0.05, 0) is 34.1 Å². The third-order valence-electron chi connectivity index (χ3n) is 2.41. The van der Waals surface area contributed by atoms with Crippen LogP contribution in [0.1, 0.15) is 41.0 Å². The molecule has 0 bridgehead atoms. The predicted molar refractivity (Wildman–Crippen MR) is 61.3 cm³/mol. The maximum absolute atomic E-state index is 11.7. The molecule has 0 spiro atoms. The van der Waals surface area contributed by atoms with Gasteiger partial charge in [-0.1, -0.05) is 6.92 Å². The highest BCUT2D eigenvalue weighted by atomic mass is 32.2. The molecule has 3 nitrogen and oxygen atoms in total. The third kappa shape index (κ3) is 4.42. The van der Waals surface area contributed by atoms with Crippen LogP contribution in [-0.2, 0) is 9.84 Å². The zero-order valence-corrected chi connectivity index (χ0v) is 10.7. The molecule has 86 valence electrons. The molecule has 0 aliphatic heterocycles. The number of nitrogens with one attached hydrogen (secondary N) is 1. The number of rotatable bonds is 5. The van der Waals surface area contributed by atoms with Crippen LogP contribution < -0.4 is 5.32 Å². The van der Waals surface area contributed by atoms with Crippen molar-refractivity contribution in [3.63, 3.8) is 0 Å². The minimum absolute atomic E-state index is 0.223. The fourth-order valence-electron chi connectivity index (χ4n) is 0.890. The van der Waals surface area contributed by atoms with Crippen LogP contribution in [0.5, 0.6) is 0 Å². The van der Waals surface area contributed by atoms with Gasteiger partial charge in [0, 0.05) is 12.6 Å². The van der Waals surface area contributed by atoms with E-state index in [0.717, 1.165) is 6.42 Å². The van der Waals surface area contributed by atoms with E-state index in [4.69, 9.17) is 0 Å². The van der Waals surface area contributed by atoms with E-state index in [1.165, 1.54) is 0 Å². The van der Waals surface area contributed by atoms with E-state index in [1.807, 2.05) is 0 Å². The zero-order valence-electron chi connectivity index (χ0n) is 9.92. The summed E-state index contributed by atoms with van der Waals surface area (Å²) in [5.41, 5.74) is 0. The lowest BCUT2D eigenvalue weighted by atomic mass is 10.3. The van der Waals surface area contributed by atoms with Crippen molar-refractivity contribution in [1.29, 1.82) is 0 Å². The first-order chi connectivity index (χ1) is 6.20. The molecule has 0 radical (unpaired) electrons. The average Bonchev–Trinajstić information content (AvgIpc) is 2.01. The normalized spacial score (nSPS) is 15.5. The van der Waals surface area contributed by atoms with E-state index in [-0.39, 0.29) is 5.75 Å². The zero-order chi connectivity index (χ0) is 11.4. The molecule has 0 aliphatic rings. The van der Waals surface area contributed by atoms with Crippen LogP contribution in [0.2, 0.25) is 0 Å². The molecule has 0 aromatic heterocycles. The van der Waals surface area contributed by atoms with Crippen LogP contribution in [0.15, 0.2) is 0 Å². The molecule has 0 saturated carbocycles.